The van der Waals surface area contributed by atoms with Crippen molar-refractivity contribution in [3.05, 3.63) is 69.8 Å². The van der Waals surface area contributed by atoms with Crippen LogP contribution in [0.2, 0.25) is 0 Å². The molecule has 0 heterocycles. The van der Waals surface area contributed by atoms with Gasteiger partial charge in [0.15, 0.2) is 5.78 Å². The number of carbonyl (C=O) groups excluding carboxylic acids is 1. The van der Waals surface area contributed by atoms with Gasteiger partial charge in [-0.3, -0.25) is 4.79 Å². The zero-order valence-corrected chi connectivity index (χ0v) is 16.6. The Balaban J connectivity index is 0.000000157. The predicted octanol–water partition coefficient (Wildman–Crippen LogP) is 6.39. The van der Waals surface area contributed by atoms with Crippen LogP contribution < -0.4 is 0 Å². The summed E-state index contributed by atoms with van der Waals surface area (Å²) >= 11 is 0. The number of hydrogen-bond acceptors (Lipinski definition) is 1. The number of benzene rings is 2. The van der Waals surface area contributed by atoms with E-state index in [0.29, 0.717) is 16.6 Å². The first-order valence-electron chi connectivity index (χ1n) is 9.97. The quantitative estimate of drug-likeness (QED) is 0.531. The van der Waals surface area contributed by atoms with E-state index in [1.165, 1.54) is 36.0 Å². The molecule has 0 fully saturated rings. The fourth-order valence-electron chi connectivity index (χ4n) is 5.01. The van der Waals surface area contributed by atoms with Crippen molar-refractivity contribution in [1.82, 2.24) is 0 Å². The Hall–Kier alpha value is -1.89. The first-order chi connectivity index (χ1) is 12.2. The summed E-state index contributed by atoms with van der Waals surface area (Å²) in [6.07, 6.45) is 6.49. The third-order valence-electron chi connectivity index (χ3n) is 6.14. The van der Waals surface area contributed by atoms with Gasteiger partial charge in [0.1, 0.15) is 0 Å². The van der Waals surface area contributed by atoms with E-state index in [1.54, 1.807) is 11.1 Å². The fourth-order valence-corrected chi connectivity index (χ4v) is 5.01. The van der Waals surface area contributed by atoms with Crippen LogP contribution in [0.15, 0.2) is 36.4 Å². The van der Waals surface area contributed by atoms with Gasteiger partial charge in [0.2, 0.25) is 0 Å². The van der Waals surface area contributed by atoms with Crippen LogP contribution in [-0.4, -0.2) is 5.78 Å². The predicted molar refractivity (Wildman–Crippen MR) is 115 cm³/mol. The molecule has 0 spiro atoms. The van der Waals surface area contributed by atoms with E-state index in [-0.39, 0.29) is 7.43 Å². The van der Waals surface area contributed by atoms with Gasteiger partial charge in [-0.2, -0.15) is 0 Å². The summed E-state index contributed by atoms with van der Waals surface area (Å²) < 4.78 is 0. The third kappa shape index (κ3) is 4.03. The highest BCUT2D eigenvalue weighted by Gasteiger charge is 2.31. The minimum atomic E-state index is 0. The maximum absolute atomic E-state index is 11.6. The fraction of sp³-hybridized carbons (Fsp3) is 0.500. The molecule has 2 aromatic rings. The second-order valence-corrected chi connectivity index (χ2v) is 10.0. The Labute approximate surface area is 165 Å². The molecule has 0 N–H and O–H groups in total. The molecule has 3 aliphatic rings. The average Bonchev–Trinajstić information content (AvgIpc) is 3.15. The monoisotopic (exact) mass is 362 g/mol. The second-order valence-electron chi connectivity index (χ2n) is 10.0. The zero-order valence-electron chi connectivity index (χ0n) is 16.6. The molecule has 27 heavy (non-hydrogen) atoms. The van der Waals surface area contributed by atoms with Gasteiger partial charge < -0.3 is 0 Å². The Bertz CT molecular complexity index is 843. The normalized spacial score (nSPS) is 20.1. The summed E-state index contributed by atoms with van der Waals surface area (Å²) in [5.74, 6) is 0.345. The van der Waals surface area contributed by atoms with E-state index < -0.39 is 0 Å². The van der Waals surface area contributed by atoms with Crippen LogP contribution in [0, 0.1) is 10.8 Å². The molecule has 0 aromatic heterocycles. The van der Waals surface area contributed by atoms with Crippen LogP contribution >= 0.6 is 0 Å². The van der Waals surface area contributed by atoms with Gasteiger partial charge in [-0.05, 0) is 76.8 Å². The van der Waals surface area contributed by atoms with Crippen molar-refractivity contribution in [3.8, 4) is 0 Å². The van der Waals surface area contributed by atoms with E-state index in [2.05, 4.69) is 64.1 Å². The Kier molecular flexibility index (Phi) is 5.10. The summed E-state index contributed by atoms with van der Waals surface area (Å²) in [6.45, 7) is 9.29. The highest BCUT2D eigenvalue weighted by atomic mass is 16.1. The first kappa shape index (κ1) is 19.9. The van der Waals surface area contributed by atoms with Gasteiger partial charge >= 0.3 is 0 Å². The van der Waals surface area contributed by atoms with Crippen LogP contribution in [0.4, 0.5) is 0 Å². The number of hydrogen-bond donors (Lipinski definition) is 0. The SMILES string of the molecule is C.CC1(C)Cc2cc3c(cc2C1)C(=O)CC3.CC1(C)Cc2ccccc2C1. The van der Waals surface area contributed by atoms with Crippen LogP contribution in [0.1, 0.15) is 79.7 Å². The molecular formula is C26H34O. The van der Waals surface area contributed by atoms with Crippen molar-refractivity contribution in [1.29, 1.82) is 0 Å². The van der Waals surface area contributed by atoms with Crippen molar-refractivity contribution in [3.63, 3.8) is 0 Å². The smallest absolute Gasteiger partial charge is 0.163 e. The molecule has 1 heteroatoms. The average molecular weight is 363 g/mol. The van der Waals surface area contributed by atoms with Crippen molar-refractivity contribution < 1.29 is 4.79 Å². The van der Waals surface area contributed by atoms with Crippen molar-refractivity contribution in [2.75, 3.05) is 0 Å². The van der Waals surface area contributed by atoms with E-state index >= 15 is 0 Å². The Morgan fingerprint density at radius 1 is 0.667 bits per heavy atom. The number of Topliss-reactive ketones (excluding diaryl/α,β-unsaturated/α-hetero) is 1. The molecule has 0 radical (unpaired) electrons. The molecule has 0 bridgehead atoms. The van der Waals surface area contributed by atoms with Gasteiger partial charge in [0.25, 0.3) is 0 Å². The lowest BCUT2D eigenvalue weighted by Crippen LogP contribution is -2.09. The second kappa shape index (κ2) is 6.93. The zero-order chi connectivity index (χ0) is 18.5. The van der Waals surface area contributed by atoms with Gasteiger partial charge in [-0.1, -0.05) is 65.5 Å². The molecule has 3 aliphatic carbocycles. The number of fused-ring (bicyclic) bond motifs is 3. The summed E-state index contributed by atoms with van der Waals surface area (Å²) in [7, 11) is 0. The molecule has 5 rings (SSSR count). The van der Waals surface area contributed by atoms with E-state index in [0.717, 1.165) is 24.8 Å². The van der Waals surface area contributed by atoms with Gasteiger partial charge in [-0.25, -0.2) is 0 Å². The van der Waals surface area contributed by atoms with E-state index in [1.807, 2.05) is 0 Å². The number of carbonyl (C=O) groups is 1. The standard InChI is InChI=1S/C14H16O.C11H14.CH4/c1-14(2)7-10-5-9-3-4-13(15)12(9)6-11(10)8-14;1-11(2)7-9-5-3-4-6-10(9)8-11;/h5-6H,3-4,7-8H2,1-2H3;3-6H,7-8H2,1-2H3;1H4. The maximum atomic E-state index is 11.6. The topological polar surface area (TPSA) is 17.1 Å². The minimum absolute atomic E-state index is 0. The molecule has 1 nitrogen and oxygen atoms in total. The lowest BCUT2D eigenvalue weighted by atomic mass is 9.90. The number of aryl methyl sites for hydroxylation is 1. The molecule has 0 atom stereocenters. The molecule has 2 aromatic carbocycles. The third-order valence-corrected chi connectivity index (χ3v) is 6.14. The highest BCUT2D eigenvalue weighted by molar-refractivity contribution is 6.00. The molecule has 0 unspecified atom stereocenters. The maximum Gasteiger partial charge on any atom is 0.163 e. The lowest BCUT2D eigenvalue weighted by Gasteiger charge is -2.14. The first-order valence-corrected chi connectivity index (χ1v) is 9.97. The van der Waals surface area contributed by atoms with Gasteiger partial charge in [0.05, 0.1) is 0 Å². The van der Waals surface area contributed by atoms with Crippen LogP contribution in [-0.2, 0) is 32.1 Å². The number of ketones is 1. The molecular weight excluding hydrogens is 328 g/mol. The van der Waals surface area contributed by atoms with Crippen LogP contribution in [0.5, 0.6) is 0 Å². The van der Waals surface area contributed by atoms with Crippen LogP contribution in [0.3, 0.4) is 0 Å². The van der Waals surface area contributed by atoms with Crippen molar-refractivity contribution in [2.24, 2.45) is 10.8 Å². The van der Waals surface area contributed by atoms with E-state index in [9.17, 15) is 4.79 Å². The summed E-state index contributed by atoms with van der Waals surface area (Å²) in [5, 5.41) is 0. The summed E-state index contributed by atoms with van der Waals surface area (Å²) in [4.78, 5) is 11.6. The Morgan fingerprint density at radius 3 is 1.70 bits per heavy atom. The summed E-state index contributed by atoms with van der Waals surface area (Å²) in [5.41, 5.74) is 9.19. The highest BCUT2D eigenvalue weighted by Crippen LogP contribution is 2.39. The molecule has 0 aliphatic heterocycles. The van der Waals surface area contributed by atoms with E-state index in [4.69, 9.17) is 0 Å². The molecule has 144 valence electrons. The van der Waals surface area contributed by atoms with Crippen molar-refractivity contribution >= 4 is 5.78 Å². The minimum Gasteiger partial charge on any atom is -0.294 e. The van der Waals surface area contributed by atoms with Gasteiger partial charge in [-0.15, -0.1) is 0 Å². The van der Waals surface area contributed by atoms with Crippen molar-refractivity contribution in [2.45, 2.75) is 73.6 Å². The van der Waals surface area contributed by atoms with Gasteiger partial charge in [0, 0.05) is 12.0 Å². The molecule has 0 saturated heterocycles. The number of rotatable bonds is 0. The molecule has 0 amide bonds. The largest absolute Gasteiger partial charge is 0.294 e. The summed E-state index contributed by atoms with van der Waals surface area (Å²) in [6, 6.07) is 13.2. The lowest BCUT2D eigenvalue weighted by molar-refractivity contribution is 0.0994. The van der Waals surface area contributed by atoms with Crippen LogP contribution in [0.25, 0.3) is 0 Å². The Morgan fingerprint density at radius 2 is 1.15 bits per heavy atom. The molecule has 0 saturated carbocycles.